The summed E-state index contributed by atoms with van der Waals surface area (Å²) in [5, 5.41) is 9.06. The number of carbonyl (C=O) groups excluding carboxylic acids is 1. The van der Waals surface area contributed by atoms with Gasteiger partial charge in [-0.15, -0.1) is 0 Å². The second-order valence-corrected chi connectivity index (χ2v) is 3.60. The lowest BCUT2D eigenvalue weighted by Crippen LogP contribution is -2.49. The van der Waals surface area contributed by atoms with Crippen molar-refractivity contribution in [3.05, 3.63) is 29.8 Å². The van der Waals surface area contributed by atoms with Crippen molar-refractivity contribution in [3.8, 4) is 5.75 Å². The van der Waals surface area contributed by atoms with Crippen molar-refractivity contribution in [2.45, 2.75) is 18.4 Å². The third-order valence-corrected chi connectivity index (χ3v) is 2.47. The lowest BCUT2D eigenvalue weighted by atomic mass is 9.72. The van der Waals surface area contributed by atoms with E-state index < -0.39 is 5.54 Å². The number of benzene rings is 1. The Labute approximate surface area is 76.2 Å². The van der Waals surface area contributed by atoms with E-state index in [2.05, 4.69) is 0 Å². The van der Waals surface area contributed by atoms with Gasteiger partial charge in [0.2, 0.25) is 0 Å². The van der Waals surface area contributed by atoms with Crippen LogP contribution >= 0.6 is 0 Å². The fourth-order valence-corrected chi connectivity index (χ4v) is 1.65. The van der Waals surface area contributed by atoms with Crippen LogP contribution in [0.2, 0.25) is 0 Å². The summed E-state index contributed by atoms with van der Waals surface area (Å²) in [7, 11) is 0. The molecule has 1 aromatic carbocycles. The van der Waals surface area contributed by atoms with Crippen molar-refractivity contribution in [1.82, 2.24) is 0 Å². The van der Waals surface area contributed by atoms with Crippen molar-refractivity contribution >= 4 is 5.78 Å². The van der Waals surface area contributed by atoms with E-state index in [1.54, 1.807) is 24.3 Å². The van der Waals surface area contributed by atoms with E-state index in [1.165, 1.54) is 0 Å². The quantitative estimate of drug-likeness (QED) is 0.670. The summed E-state index contributed by atoms with van der Waals surface area (Å²) in [5.41, 5.74) is 6.40. The molecular formula is C10H11NO2. The fourth-order valence-electron chi connectivity index (χ4n) is 1.65. The summed E-state index contributed by atoms with van der Waals surface area (Å²) in [6.07, 6.45) is 0.829. The molecule has 0 saturated heterocycles. The van der Waals surface area contributed by atoms with Gasteiger partial charge in [-0.3, -0.25) is 4.79 Å². The second-order valence-electron chi connectivity index (χ2n) is 3.60. The standard InChI is InChI=1S/C10H11NO2/c11-10(5-9(13)6-10)7-1-3-8(12)4-2-7/h1-4,12H,5-6,11H2. The summed E-state index contributed by atoms with van der Waals surface area (Å²) in [4.78, 5) is 10.8. The Hall–Kier alpha value is -1.35. The molecule has 0 amide bonds. The first-order chi connectivity index (χ1) is 6.10. The molecule has 3 nitrogen and oxygen atoms in total. The highest BCUT2D eigenvalue weighted by Crippen LogP contribution is 2.36. The number of Topliss-reactive ketones (excluding diaryl/α,β-unsaturated/α-hetero) is 1. The molecule has 0 atom stereocenters. The van der Waals surface area contributed by atoms with Gasteiger partial charge in [-0.1, -0.05) is 12.1 Å². The summed E-state index contributed by atoms with van der Waals surface area (Å²) in [5.74, 6) is 0.425. The first kappa shape index (κ1) is 8.26. The van der Waals surface area contributed by atoms with E-state index in [9.17, 15) is 4.79 Å². The van der Waals surface area contributed by atoms with E-state index in [0.29, 0.717) is 12.8 Å². The van der Waals surface area contributed by atoms with E-state index in [4.69, 9.17) is 10.8 Å². The lowest BCUT2D eigenvalue weighted by Gasteiger charge is -2.36. The van der Waals surface area contributed by atoms with Crippen LogP contribution < -0.4 is 5.73 Å². The van der Waals surface area contributed by atoms with Crippen LogP contribution in [0.25, 0.3) is 0 Å². The van der Waals surface area contributed by atoms with Crippen LogP contribution in [0.15, 0.2) is 24.3 Å². The van der Waals surface area contributed by atoms with Crippen LogP contribution in [-0.4, -0.2) is 10.9 Å². The number of carbonyl (C=O) groups is 1. The molecule has 0 unspecified atom stereocenters. The smallest absolute Gasteiger partial charge is 0.137 e. The normalized spacial score (nSPS) is 19.6. The summed E-state index contributed by atoms with van der Waals surface area (Å²) >= 11 is 0. The molecule has 13 heavy (non-hydrogen) atoms. The van der Waals surface area contributed by atoms with E-state index in [0.717, 1.165) is 5.56 Å². The van der Waals surface area contributed by atoms with E-state index in [1.807, 2.05) is 0 Å². The van der Waals surface area contributed by atoms with Crippen LogP contribution in [0.3, 0.4) is 0 Å². The highest BCUT2D eigenvalue weighted by Gasteiger charge is 2.41. The summed E-state index contributed by atoms with van der Waals surface area (Å²) in [6.45, 7) is 0. The van der Waals surface area contributed by atoms with Crippen molar-refractivity contribution in [2.75, 3.05) is 0 Å². The third kappa shape index (κ3) is 1.31. The molecule has 3 heteroatoms. The van der Waals surface area contributed by atoms with Crippen LogP contribution in [0.4, 0.5) is 0 Å². The highest BCUT2D eigenvalue weighted by molar-refractivity contribution is 5.88. The molecule has 1 fully saturated rings. The molecule has 1 aliphatic rings. The second kappa shape index (κ2) is 2.57. The van der Waals surface area contributed by atoms with Crippen molar-refractivity contribution in [2.24, 2.45) is 5.73 Å². The van der Waals surface area contributed by atoms with Gasteiger partial charge in [-0.2, -0.15) is 0 Å². The molecule has 0 spiro atoms. The number of phenolic OH excluding ortho intramolecular Hbond substituents is 1. The maximum Gasteiger partial charge on any atom is 0.137 e. The Balaban J connectivity index is 2.26. The zero-order chi connectivity index (χ0) is 9.47. The lowest BCUT2D eigenvalue weighted by molar-refractivity contribution is -0.128. The molecular weight excluding hydrogens is 166 g/mol. The van der Waals surface area contributed by atoms with Gasteiger partial charge in [0.25, 0.3) is 0 Å². The molecule has 0 radical (unpaired) electrons. The van der Waals surface area contributed by atoms with E-state index in [-0.39, 0.29) is 11.5 Å². The minimum atomic E-state index is -0.481. The Morgan fingerprint density at radius 3 is 2.23 bits per heavy atom. The van der Waals surface area contributed by atoms with Gasteiger partial charge in [-0.25, -0.2) is 0 Å². The monoisotopic (exact) mass is 177 g/mol. The third-order valence-electron chi connectivity index (χ3n) is 2.47. The van der Waals surface area contributed by atoms with Crippen LogP contribution in [0.5, 0.6) is 5.75 Å². The summed E-state index contributed by atoms with van der Waals surface area (Å²) < 4.78 is 0. The van der Waals surface area contributed by atoms with Gasteiger partial charge in [0.05, 0.1) is 5.54 Å². The number of hydrogen-bond acceptors (Lipinski definition) is 3. The van der Waals surface area contributed by atoms with Gasteiger partial charge in [0.15, 0.2) is 0 Å². The molecule has 2 rings (SSSR count). The van der Waals surface area contributed by atoms with Crippen molar-refractivity contribution in [3.63, 3.8) is 0 Å². The number of rotatable bonds is 1. The molecule has 0 aromatic heterocycles. The van der Waals surface area contributed by atoms with Gasteiger partial charge in [0, 0.05) is 12.8 Å². The maximum atomic E-state index is 10.8. The summed E-state index contributed by atoms with van der Waals surface area (Å²) in [6, 6.07) is 6.71. The molecule has 1 saturated carbocycles. The SMILES string of the molecule is NC1(c2ccc(O)cc2)CC(=O)C1. The Morgan fingerprint density at radius 2 is 1.77 bits per heavy atom. The van der Waals surface area contributed by atoms with E-state index >= 15 is 0 Å². The van der Waals surface area contributed by atoms with Gasteiger partial charge in [0.1, 0.15) is 11.5 Å². The number of aromatic hydroxyl groups is 1. The molecule has 68 valence electrons. The predicted octanol–water partition coefficient (Wildman–Crippen LogP) is 0.909. The Morgan fingerprint density at radius 1 is 1.23 bits per heavy atom. The molecule has 1 aliphatic carbocycles. The number of nitrogens with two attached hydrogens (primary N) is 1. The molecule has 0 bridgehead atoms. The first-order valence-corrected chi connectivity index (χ1v) is 4.20. The predicted molar refractivity (Wildman–Crippen MR) is 48.2 cm³/mol. The highest BCUT2D eigenvalue weighted by atomic mass is 16.3. The van der Waals surface area contributed by atoms with Gasteiger partial charge >= 0.3 is 0 Å². The van der Waals surface area contributed by atoms with Crippen molar-refractivity contribution < 1.29 is 9.90 Å². The molecule has 3 N–H and O–H groups in total. The Kier molecular flexibility index (Phi) is 1.63. The molecule has 0 heterocycles. The van der Waals surface area contributed by atoms with Gasteiger partial charge in [-0.05, 0) is 17.7 Å². The van der Waals surface area contributed by atoms with Crippen molar-refractivity contribution in [1.29, 1.82) is 0 Å². The largest absolute Gasteiger partial charge is 0.508 e. The van der Waals surface area contributed by atoms with Crippen LogP contribution in [0, 0.1) is 0 Å². The first-order valence-electron chi connectivity index (χ1n) is 4.20. The van der Waals surface area contributed by atoms with Crippen LogP contribution in [-0.2, 0) is 10.3 Å². The van der Waals surface area contributed by atoms with Gasteiger partial charge < -0.3 is 10.8 Å². The minimum absolute atomic E-state index is 0.204. The topological polar surface area (TPSA) is 63.3 Å². The molecule has 1 aromatic rings. The average Bonchev–Trinajstić information content (AvgIpc) is 2.03. The zero-order valence-electron chi connectivity index (χ0n) is 7.16. The number of ketones is 1. The number of phenols is 1. The Bertz CT molecular complexity index is 334. The van der Waals surface area contributed by atoms with Crippen LogP contribution in [0.1, 0.15) is 18.4 Å². The number of hydrogen-bond donors (Lipinski definition) is 2. The average molecular weight is 177 g/mol. The minimum Gasteiger partial charge on any atom is -0.508 e. The maximum absolute atomic E-state index is 10.8. The zero-order valence-corrected chi connectivity index (χ0v) is 7.16. The molecule has 0 aliphatic heterocycles. The fraction of sp³-hybridized carbons (Fsp3) is 0.300.